The topological polar surface area (TPSA) is 44.4 Å². The summed E-state index contributed by atoms with van der Waals surface area (Å²) in [5.74, 6) is -3.35. The number of hydrogen-bond acceptors (Lipinski definition) is 3. The van der Waals surface area contributed by atoms with E-state index >= 15 is 0 Å². The van der Waals surface area contributed by atoms with Crippen LogP contribution in [-0.2, 0) is 0 Å². The minimum atomic E-state index is -1.21. The Morgan fingerprint density at radius 2 is 1.80 bits per heavy atom. The summed E-state index contributed by atoms with van der Waals surface area (Å²) in [6, 6.07) is 6.43. The number of hydrogen-bond donors (Lipinski definition) is 2. The maximum Gasteiger partial charge on any atom is 0.256 e. The molecular weight excluding hydrogens is 446 g/mol. The van der Waals surface area contributed by atoms with Crippen LogP contribution >= 0.6 is 22.6 Å². The van der Waals surface area contributed by atoms with Crippen LogP contribution in [-0.4, -0.2) is 37.0 Å². The van der Waals surface area contributed by atoms with Crippen molar-refractivity contribution in [2.45, 2.75) is 0 Å². The molecule has 132 valence electrons. The van der Waals surface area contributed by atoms with Crippen LogP contribution in [0.3, 0.4) is 0 Å². The third kappa shape index (κ3) is 3.90. The van der Waals surface area contributed by atoms with Gasteiger partial charge in [-0.25, -0.2) is 13.2 Å². The van der Waals surface area contributed by atoms with Crippen LogP contribution in [0.15, 0.2) is 30.3 Å². The van der Waals surface area contributed by atoms with Crippen LogP contribution in [0.2, 0.25) is 0 Å². The van der Waals surface area contributed by atoms with Gasteiger partial charge in [0.15, 0.2) is 11.6 Å². The van der Waals surface area contributed by atoms with Crippen LogP contribution in [0.1, 0.15) is 10.4 Å². The monoisotopic (exact) mass is 461 g/mol. The highest BCUT2D eigenvalue weighted by Crippen LogP contribution is 2.29. The van der Waals surface area contributed by atoms with Gasteiger partial charge in [-0.15, -0.1) is 0 Å². The number of carbonyl (C=O) groups excluding carboxylic acids is 1. The van der Waals surface area contributed by atoms with Crippen molar-refractivity contribution in [3.8, 4) is 0 Å². The number of rotatable bonds is 3. The number of nitrogens with zero attached hydrogens (tertiary/aromatic N) is 1. The summed E-state index contributed by atoms with van der Waals surface area (Å²) in [7, 11) is 0. The molecule has 0 aromatic heterocycles. The van der Waals surface area contributed by atoms with E-state index in [0.29, 0.717) is 29.7 Å². The van der Waals surface area contributed by atoms with Gasteiger partial charge in [-0.1, -0.05) is 0 Å². The highest BCUT2D eigenvalue weighted by atomic mass is 127. The van der Waals surface area contributed by atoms with Crippen molar-refractivity contribution in [3.63, 3.8) is 0 Å². The highest BCUT2D eigenvalue weighted by molar-refractivity contribution is 14.1. The largest absolute Gasteiger partial charge is 0.350 e. The Hall–Kier alpha value is -1.81. The first-order valence-electron chi connectivity index (χ1n) is 7.67. The van der Waals surface area contributed by atoms with Crippen LogP contribution in [0, 0.1) is 21.0 Å². The first-order valence-corrected chi connectivity index (χ1v) is 8.75. The number of anilines is 2. The van der Waals surface area contributed by atoms with Crippen molar-refractivity contribution in [3.05, 3.63) is 56.9 Å². The Kier molecular flexibility index (Phi) is 5.48. The summed E-state index contributed by atoms with van der Waals surface area (Å²) in [4.78, 5) is 14.2. The Balaban J connectivity index is 1.99. The molecule has 1 saturated heterocycles. The van der Waals surface area contributed by atoms with Crippen LogP contribution < -0.4 is 10.6 Å². The zero-order valence-electron chi connectivity index (χ0n) is 13.1. The van der Waals surface area contributed by atoms with E-state index in [-0.39, 0.29) is 16.9 Å². The molecule has 2 N–H and O–H groups in total. The van der Waals surface area contributed by atoms with E-state index in [4.69, 9.17) is 0 Å². The summed E-state index contributed by atoms with van der Waals surface area (Å²) in [5, 5.41) is 5.66. The van der Waals surface area contributed by atoms with Gasteiger partial charge in [0.1, 0.15) is 5.82 Å². The molecule has 2 aromatic rings. The third-order valence-electron chi connectivity index (χ3n) is 3.92. The fourth-order valence-corrected chi connectivity index (χ4v) is 3.07. The molecule has 1 aliphatic rings. The molecule has 0 radical (unpaired) electrons. The Morgan fingerprint density at radius 1 is 1.08 bits per heavy atom. The number of amides is 1. The second-order valence-electron chi connectivity index (χ2n) is 5.58. The first kappa shape index (κ1) is 18.0. The molecule has 0 atom stereocenters. The Morgan fingerprint density at radius 3 is 2.48 bits per heavy atom. The molecule has 0 aliphatic carbocycles. The Labute approximate surface area is 156 Å². The standard InChI is InChI=1S/C17H15F3IN3O/c18-12-3-2-11(17(25)24-7-5-22-6-8-24)16(15(12)20)23-14-4-1-10(21)9-13(14)19/h1-4,9,22-23H,5-8H2. The van der Waals surface area contributed by atoms with Gasteiger partial charge in [0.05, 0.1) is 16.9 Å². The zero-order valence-corrected chi connectivity index (χ0v) is 15.2. The van der Waals surface area contributed by atoms with Gasteiger partial charge in [-0.3, -0.25) is 4.79 Å². The normalized spacial score (nSPS) is 14.5. The van der Waals surface area contributed by atoms with Crippen molar-refractivity contribution in [2.24, 2.45) is 0 Å². The van der Waals surface area contributed by atoms with Crippen molar-refractivity contribution >= 4 is 39.9 Å². The van der Waals surface area contributed by atoms with Gasteiger partial charge in [0.25, 0.3) is 5.91 Å². The average molecular weight is 461 g/mol. The Bertz CT molecular complexity index is 810. The quantitative estimate of drug-likeness (QED) is 0.689. The predicted octanol–water partition coefficient (Wildman–Crippen LogP) is 3.50. The van der Waals surface area contributed by atoms with Crippen LogP contribution in [0.5, 0.6) is 0 Å². The lowest BCUT2D eigenvalue weighted by molar-refractivity contribution is 0.0736. The average Bonchev–Trinajstić information content (AvgIpc) is 2.61. The third-order valence-corrected chi connectivity index (χ3v) is 4.59. The number of nitrogens with one attached hydrogen (secondary N) is 2. The van der Waals surface area contributed by atoms with E-state index in [0.717, 1.165) is 6.07 Å². The second kappa shape index (κ2) is 7.61. The number of carbonyl (C=O) groups is 1. The van der Waals surface area contributed by atoms with E-state index in [1.165, 1.54) is 18.2 Å². The van der Waals surface area contributed by atoms with Crippen LogP contribution in [0.25, 0.3) is 0 Å². The SMILES string of the molecule is O=C(c1ccc(F)c(F)c1Nc1ccc(I)cc1F)N1CCNCC1. The van der Waals surface area contributed by atoms with E-state index < -0.39 is 23.4 Å². The smallest absolute Gasteiger partial charge is 0.256 e. The summed E-state index contributed by atoms with van der Waals surface area (Å²) < 4.78 is 42.8. The molecule has 0 saturated carbocycles. The maximum atomic E-state index is 14.3. The van der Waals surface area contributed by atoms with Gasteiger partial charge in [0, 0.05) is 29.7 Å². The summed E-state index contributed by atoms with van der Waals surface area (Å²) in [5.41, 5.74) is -0.415. The molecule has 1 amide bonds. The van der Waals surface area contributed by atoms with Crippen molar-refractivity contribution in [1.82, 2.24) is 10.2 Å². The van der Waals surface area contributed by atoms with Gasteiger partial charge in [0.2, 0.25) is 0 Å². The lowest BCUT2D eigenvalue weighted by Gasteiger charge is -2.28. The minimum absolute atomic E-state index is 0.0284. The van der Waals surface area contributed by atoms with Crippen molar-refractivity contribution < 1.29 is 18.0 Å². The molecule has 1 aliphatic heterocycles. The minimum Gasteiger partial charge on any atom is -0.350 e. The lowest BCUT2D eigenvalue weighted by Crippen LogP contribution is -2.46. The number of benzene rings is 2. The summed E-state index contributed by atoms with van der Waals surface area (Å²) in [6.45, 7) is 2.19. The fraction of sp³-hybridized carbons (Fsp3) is 0.235. The molecule has 0 spiro atoms. The highest BCUT2D eigenvalue weighted by Gasteiger charge is 2.24. The van der Waals surface area contributed by atoms with E-state index in [1.54, 1.807) is 11.0 Å². The van der Waals surface area contributed by atoms with Crippen molar-refractivity contribution in [1.29, 1.82) is 0 Å². The molecule has 0 unspecified atom stereocenters. The molecule has 0 bridgehead atoms. The van der Waals surface area contributed by atoms with E-state index in [1.807, 2.05) is 22.6 Å². The second-order valence-corrected chi connectivity index (χ2v) is 6.82. The lowest BCUT2D eigenvalue weighted by atomic mass is 10.1. The van der Waals surface area contributed by atoms with E-state index in [2.05, 4.69) is 10.6 Å². The molecule has 1 fully saturated rings. The molecule has 2 aromatic carbocycles. The van der Waals surface area contributed by atoms with Gasteiger partial charge < -0.3 is 15.5 Å². The molecule has 4 nitrogen and oxygen atoms in total. The summed E-state index contributed by atoms with van der Waals surface area (Å²) in [6.07, 6.45) is 0. The zero-order chi connectivity index (χ0) is 18.0. The van der Waals surface area contributed by atoms with Crippen molar-refractivity contribution in [2.75, 3.05) is 31.5 Å². The number of piperazine rings is 1. The maximum absolute atomic E-state index is 14.3. The predicted molar refractivity (Wildman–Crippen MR) is 97.5 cm³/mol. The van der Waals surface area contributed by atoms with Crippen LogP contribution in [0.4, 0.5) is 24.5 Å². The summed E-state index contributed by atoms with van der Waals surface area (Å²) >= 11 is 1.94. The van der Waals surface area contributed by atoms with Gasteiger partial charge in [-0.2, -0.15) is 0 Å². The molecule has 1 heterocycles. The first-order chi connectivity index (χ1) is 12.0. The van der Waals surface area contributed by atoms with Gasteiger partial charge >= 0.3 is 0 Å². The molecule has 25 heavy (non-hydrogen) atoms. The van der Waals surface area contributed by atoms with E-state index in [9.17, 15) is 18.0 Å². The number of halogens is 4. The fourth-order valence-electron chi connectivity index (χ4n) is 2.61. The molecular formula is C17H15F3IN3O. The molecule has 8 heteroatoms. The molecule has 3 rings (SSSR count). The van der Waals surface area contributed by atoms with Gasteiger partial charge in [-0.05, 0) is 52.9 Å².